The highest BCUT2D eigenvalue weighted by Gasteiger charge is 2.28. The van der Waals surface area contributed by atoms with E-state index in [1.165, 1.54) is 5.57 Å². The first kappa shape index (κ1) is 31.4. The molecule has 1 aliphatic carbocycles. The minimum atomic E-state index is -4.07. The Morgan fingerprint density at radius 2 is 1.94 bits per heavy atom. The molecule has 1 aromatic carbocycles. The Morgan fingerprint density at radius 1 is 1.25 bits per heavy atom. The summed E-state index contributed by atoms with van der Waals surface area (Å²) in [5.74, 6) is 1.02. The molecule has 1 aromatic rings. The molecule has 3 rings (SSSR count). The van der Waals surface area contributed by atoms with Crippen LogP contribution in [0.2, 0.25) is 0 Å². The molecule has 1 N–H and O–H groups in total. The molecule has 0 amide bonds. The number of carboxylic acids is 1. The van der Waals surface area contributed by atoms with Crippen LogP contribution in [-0.2, 0) is 4.79 Å². The summed E-state index contributed by atoms with van der Waals surface area (Å²) >= 11 is 1.67. The van der Waals surface area contributed by atoms with Crippen molar-refractivity contribution in [3.8, 4) is 11.5 Å². The van der Waals surface area contributed by atoms with Gasteiger partial charge in [-0.2, -0.15) is 13.2 Å². The normalized spacial score (nSPS) is 15.0. The van der Waals surface area contributed by atoms with Crippen molar-refractivity contribution in [1.29, 1.82) is 0 Å². The van der Waals surface area contributed by atoms with E-state index in [0.29, 0.717) is 18.3 Å². The monoisotopic (exact) mass is 527 g/mol. The van der Waals surface area contributed by atoms with E-state index in [4.69, 9.17) is 14.6 Å². The van der Waals surface area contributed by atoms with Gasteiger partial charge in [0.1, 0.15) is 11.5 Å². The second-order valence-electron chi connectivity index (χ2n) is 7.84. The lowest BCUT2D eigenvalue weighted by Gasteiger charge is -2.16. The SMILES string of the molecule is C/C=C/C1=CSC(CCOc2cc(C)c(OCC(=O)O)cc2C2CC2)=NC1.C=CCC(F)(F)F.CC. The Morgan fingerprint density at radius 3 is 2.42 bits per heavy atom. The van der Waals surface area contributed by atoms with E-state index in [-0.39, 0.29) is 6.61 Å². The molecule has 9 heteroatoms. The summed E-state index contributed by atoms with van der Waals surface area (Å²) in [4.78, 5) is 15.4. The molecule has 200 valence electrons. The number of nitrogens with zero attached hydrogens (tertiary/aromatic N) is 1. The van der Waals surface area contributed by atoms with Crippen LogP contribution >= 0.6 is 11.8 Å². The molecule has 0 atom stereocenters. The standard InChI is InChI=1S/C21H25NO4S.C4H5F3.C2H6/c1-3-4-15-11-22-20(27-13-15)7-8-25-19-9-14(2)18(26-12-21(23)24)10-17(19)16-5-6-16;1-2-3-4(5,6)7;1-2/h3-4,9-10,13,16H,5-8,11-12H2,1-2H3,(H,23,24);2H,1,3H2;1-2H3/b4-3+;;. The molecule has 2 aliphatic rings. The molecule has 0 spiro atoms. The lowest BCUT2D eigenvalue weighted by molar-refractivity contribution is -0.139. The van der Waals surface area contributed by atoms with Gasteiger partial charge >= 0.3 is 12.1 Å². The molecule has 0 radical (unpaired) electrons. The number of carboxylic acid groups (broad SMARTS) is 1. The van der Waals surface area contributed by atoms with Crippen molar-refractivity contribution in [3.05, 3.63) is 59.0 Å². The Bertz CT molecular complexity index is 951. The van der Waals surface area contributed by atoms with Gasteiger partial charge in [-0.25, -0.2) is 4.79 Å². The van der Waals surface area contributed by atoms with Gasteiger partial charge in [0.2, 0.25) is 0 Å². The van der Waals surface area contributed by atoms with Gasteiger partial charge in [0, 0.05) is 12.0 Å². The maximum absolute atomic E-state index is 11.0. The summed E-state index contributed by atoms with van der Waals surface area (Å²) in [5.41, 5.74) is 3.24. The minimum absolute atomic E-state index is 0.328. The van der Waals surface area contributed by atoms with Gasteiger partial charge in [-0.3, -0.25) is 4.99 Å². The zero-order valence-corrected chi connectivity index (χ0v) is 22.2. The van der Waals surface area contributed by atoms with Crippen LogP contribution in [0, 0.1) is 6.92 Å². The van der Waals surface area contributed by atoms with E-state index >= 15 is 0 Å². The van der Waals surface area contributed by atoms with Crippen LogP contribution < -0.4 is 9.47 Å². The third-order valence-corrected chi connectivity index (χ3v) is 5.82. The molecular formula is C27H36F3NO4S. The second-order valence-corrected chi connectivity index (χ2v) is 8.78. The maximum Gasteiger partial charge on any atom is 0.392 e. The average molecular weight is 528 g/mol. The quantitative estimate of drug-likeness (QED) is 0.314. The summed E-state index contributed by atoms with van der Waals surface area (Å²) in [6.07, 6.45) is 3.04. The number of aliphatic imine (C=N–C) groups is 1. The zero-order chi connectivity index (χ0) is 27.1. The Labute approximate surface area is 216 Å². The fraction of sp³-hybridized carbons (Fsp3) is 0.481. The number of halogens is 3. The third-order valence-electron chi connectivity index (χ3n) is 4.79. The van der Waals surface area contributed by atoms with Gasteiger partial charge in [-0.05, 0) is 61.3 Å². The fourth-order valence-corrected chi connectivity index (χ4v) is 3.85. The van der Waals surface area contributed by atoms with Gasteiger partial charge in [-0.15, -0.1) is 6.58 Å². The van der Waals surface area contributed by atoms with Crippen LogP contribution in [0.4, 0.5) is 13.2 Å². The molecule has 0 aromatic heterocycles. The first-order valence-corrected chi connectivity index (χ1v) is 12.8. The lowest BCUT2D eigenvalue weighted by atomic mass is 10.1. The van der Waals surface area contributed by atoms with Crippen molar-refractivity contribution in [3.63, 3.8) is 0 Å². The van der Waals surface area contributed by atoms with Crippen molar-refractivity contribution in [2.24, 2.45) is 4.99 Å². The number of ether oxygens (including phenoxy) is 2. The third kappa shape index (κ3) is 12.3. The highest BCUT2D eigenvalue weighted by Crippen LogP contribution is 2.46. The molecule has 5 nitrogen and oxygen atoms in total. The Balaban J connectivity index is 0.000000623. The van der Waals surface area contributed by atoms with E-state index in [1.807, 2.05) is 45.9 Å². The van der Waals surface area contributed by atoms with E-state index in [1.54, 1.807) is 11.8 Å². The van der Waals surface area contributed by atoms with Crippen LogP contribution in [0.25, 0.3) is 0 Å². The average Bonchev–Trinajstić information content (AvgIpc) is 3.66. The van der Waals surface area contributed by atoms with Crippen molar-refractivity contribution < 1.29 is 32.5 Å². The smallest absolute Gasteiger partial charge is 0.392 e. The van der Waals surface area contributed by atoms with Crippen LogP contribution in [0.5, 0.6) is 11.5 Å². The zero-order valence-electron chi connectivity index (χ0n) is 21.4. The lowest BCUT2D eigenvalue weighted by Crippen LogP contribution is -2.11. The van der Waals surface area contributed by atoms with Crippen LogP contribution in [0.3, 0.4) is 0 Å². The molecule has 1 fully saturated rings. The highest BCUT2D eigenvalue weighted by molar-refractivity contribution is 8.16. The number of aryl methyl sites for hydroxylation is 1. The van der Waals surface area contributed by atoms with E-state index < -0.39 is 18.6 Å². The number of aliphatic carboxylic acids is 1. The van der Waals surface area contributed by atoms with Gasteiger partial charge in [0.25, 0.3) is 0 Å². The van der Waals surface area contributed by atoms with Crippen LogP contribution in [0.1, 0.15) is 63.5 Å². The van der Waals surface area contributed by atoms with Crippen molar-refractivity contribution in [1.82, 2.24) is 0 Å². The Kier molecular flexibility index (Phi) is 14.1. The molecule has 0 saturated heterocycles. The summed E-state index contributed by atoms with van der Waals surface area (Å²) in [6, 6.07) is 3.91. The summed E-state index contributed by atoms with van der Waals surface area (Å²) in [5, 5.41) is 12.1. The van der Waals surface area contributed by atoms with Gasteiger partial charge in [-0.1, -0.05) is 43.8 Å². The molecular weight excluding hydrogens is 491 g/mol. The number of hydrogen-bond donors (Lipinski definition) is 1. The van der Waals surface area contributed by atoms with Crippen molar-refractivity contribution in [2.45, 2.75) is 65.5 Å². The molecule has 1 saturated carbocycles. The first-order valence-electron chi connectivity index (χ1n) is 11.9. The van der Waals surface area contributed by atoms with Crippen molar-refractivity contribution in [2.75, 3.05) is 19.8 Å². The number of alkyl halides is 3. The number of rotatable bonds is 10. The minimum Gasteiger partial charge on any atom is -0.493 e. The molecule has 0 bridgehead atoms. The number of thioether (sulfide) groups is 1. The predicted octanol–water partition coefficient (Wildman–Crippen LogP) is 7.86. The summed E-state index contributed by atoms with van der Waals surface area (Å²) in [6.45, 7) is 11.8. The highest BCUT2D eigenvalue weighted by atomic mass is 32.2. The van der Waals surface area contributed by atoms with Crippen LogP contribution in [0.15, 0.2) is 52.9 Å². The number of hydrogen-bond acceptors (Lipinski definition) is 5. The van der Waals surface area contributed by atoms with E-state index in [0.717, 1.165) is 53.8 Å². The first-order chi connectivity index (χ1) is 17.1. The Hall–Kier alpha value is -2.68. The van der Waals surface area contributed by atoms with E-state index in [9.17, 15) is 18.0 Å². The number of allylic oxidation sites excluding steroid dienone is 2. The van der Waals surface area contributed by atoms with Crippen LogP contribution in [-0.4, -0.2) is 42.1 Å². The van der Waals surface area contributed by atoms with Crippen molar-refractivity contribution >= 4 is 22.8 Å². The van der Waals surface area contributed by atoms with E-state index in [2.05, 4.69) is 23.1 Å². The van der Waals surface area contributed by atoms with Gasteiger partial charge in [0.05, 0.1) is 24.6 Å². The number of benzene rings is 1. The molecule has 0 unspecified atom stereocenters. The predicted molar refractivity (Wildman–Crippen MR) is 141 cm³/mol. The molecule has 1 aliphatic heterocycles. The number of carbonyl (C=O) groups is 1. The maximum atomic E-state index is 11.0. The van der Waals surface area contributed by atoms with Gasteiger partial charge < -0.3 is 14.6 Å². The molecule has 36 heavy (non-hydrogen) atoms. The second kappa shape index (κ2) is 16.1. The summed E-state index contributed by atoms with van der Waals surface area (Å²) in [7, 11) is 0. The molecule has 1 heterocycles. The largest absolute Gasteiger partial charge is 0.493 e. The topological polar surface area (TPSA) is 68.1 Å². The van der Waals surface area contributed by atoms with Gasteiger partial charge in [0.15, 0.2) is 6.61 Å². The summed E-state index contributed by atoms with van der Waals surface area (Å²) < 4.78 is 44.4. The fourth-order valence-electron chi connectivity index (χ4n) is 3.06.